The summed E-state index contributed by atoms with van der Waals surface area (Å²) in [5, 5.41) is 5.18. The van der Waals surface area contributed by atoms with E-state index in [9.17, 15) is 13.2 Å². The molecule has 4 aromatic rings. The summed E-state index contributed by atoms with van der Waals surface area (Å²) >= 11 is 7.12. The smallest absolute Gasteiger partial charge is 0.363 e. The fraction of sp³-hybridized carbons (Fsp3) is 0.345. The molecule has 0 radical (unpaired) electrons. The number of aromatic nitrogens is 5. The monoisotopic (exact) mass is 550 g/mol. The Kier molecular flexibility index (Phi) is 5.00. The summed E-state index contributed by atoms with van der Waals surface area (Å²) < 4.78 is 41.4. The number of allylic oxidation sites excluding steroid dienone is 2. The summed E-state index contributed by atoms with van der Waals surface area (Å²) in [5.74, 6) is 0.416. The minimum Gasteiger partial charge on any atom is -0.363 e. The number of nitrogens with one attached hydrogen (secondary N) is 1. The molecule has 0 saturated heterocycles. The van der Waals surface area contributed by atoms with Gasteiger partial charge in [-0.15, -0.1) is 11.6 Å². The van der Waals surface area contributed by atoms with Crippen LogP contribution in [0, 0.1) is 0 Å². The largest absolute Gasteiger partial charge is 0.434 e. The van der Waals surface area contributed by atoms with E-state index < -0.39 is 22.2 Å². The first-order valence-corrected chi connectivity index (χ1v) is 13.4. The second-order valence-electron chi connectivity index (χ2n) is 10.8. The zero-order valence-corrected chi connectivity index (χ0v) is 22.5. The number of para-hydroxylation sites is 1. The van der Waals surface area contributed by atoms with Crippen LogP contribution in [0.25, 0.3) is 11.3 Å². The Balaban J connectivity index is 1.44. The van der Waals surface area contributed by atoms with Gasteiger partial charge in [-0.3, -0.25) is 0 Å². The van der Waals surface area contributed by atoms with Crippen molar-refractivity contribution in [2.45, 2.75) is 56.6 Å². The van der Waals surface area contributed by atoms with Crippen molar-refractivity contribution in [2.24, 2.45) is 0 Å². The van der Waals surface area contributed by atoms with Crippen molar-refractivity contribution in [3.63, 3.8) is 0 Å². The van der Waals surface area contributed by atoms with Crippen LogP contribution in [-0.2, 0) is 35.9 Å². The van der Waals surface area contributed by atoms with Crippen molar-refractivity contribution in [1.29, 1.82) is 0 Å². The van der Waals surface area contributed by atoms with Crippen LogP contribution in [0.2, 0.25) is 0 Å². The zero-order chi connectivity index (χ0) is 27.3. The first-order valence-electron chi connectivity index (χ1n) is 13.0. The fourth-order valence-electron chi connectivity index (χ4n) is 6.64. The molecule has 2 aliphatic heterocycles. The average Bonchev–Trinajstić information content (AvgIpc) is 3.56. The predicted octanol–water partition coefficient (Wildman–Crippen LogP) is 6.30. The number of alkyl halides is 4. The number of hydrogen-bond acceptors (Lipinski definition) is 4. The molecule has 3 aliphatic rings. The van der Waals surface area contributed by atoms with Crippen molar-refractivity contribution >= 4 is 23.0 Å². The minimum absolute atomic E-state index is 0.416. The standard InChI is InChI=1S/C29H26ClF3N6/c1-4-16-6-5-7-17-20-12-27(2,30)25-19(8-10-34-25)28(20,3)26-18-15-38(11-9-21(18)37-39(26)24(16)17)23-14-35-22(13-36-23)29(31,32)33/h5-8,10,12-14,34H,4,9,11,15H2,1-3H3. The summed E-state index contributed by atoms with van der Waals surface area (Å²) in [6.45, 7) is 7.42. The average molecular weight is 551 g/mol. The molecular weight excluding hydrogens is 525 g/mol. The summed E-state index contributed by atoms with van der Waals surface area (Å²) in [4.78, 5) is 12.4. The molecule has 0 spiro atoms. The number of H-pyrrole nitrogens is 1. The number of rotatable bonds is 2. The Bertz CT molecular complexity index is 1660. The summed E-state index contributed by atoms with van der Waals surface area (Å²) in [7, 11) is 0. The molecule has 5 heterocycles. The first-order chi connectivity index (χ1) is 18.5. The van der Waals surface area contributed by atoms with Crippen LogP contribution in [-0.4, -0.2) is 31.3 Å². The van der Waals surface area contributed by atoms with Gasteiger partial charge in [-0.25, -0.2) is 14.6 Å². The molecule has 1 N–H and O–H groups in total. The van der Waals surface area contributed by atoms with E-state index in [1.807, 2.05) is 18.0 Å². The van der Waals surface area contributed by atoms with E-state index in [2.05, 4.69) is 63.8 Å². The lowest BCUT2D eigenvalue weighted by Gasteiger charge is -2.45. The molecule has 7 rings (SSSR count). The van der Waals surface area contributed by atoms with E-state index in [4.69, 9.17) is 16.7 Å². The van der Waals surface area contributed by atoms with E-state index in [-0.39, 0.29) is 0 Å². The lowest BCUT2D eigenvalue weighted by Crippen LogP contribution is -2.40. The number of aromatic amines is 1. The molecule has 2 unspecified atom stereocenters. The zero-order valence-electron chi connectivity index (χ0n) is 21.7. The number of nitrogens with zero attached hydrogens (tertiary/aromatic N) is 5. The van der Waals surface area contributed by atoms with Crippen molar-refractivity contribution in [1.82, 2.24) is 24.7 Å². The summed E-state index contributed by atoms with van der Waals surface area (Å²) in [5.41, 5.74) is 8.16. The van der Waals surface area contributed by atoms with Gasteiger partial charge in [0.15, 0.2) is 5.69 Å². The molecule has 0 fully saturated rings. The van der Waals surface area contributed by atoms with E-state index in [1.165, 1.54) is 11.8 Å². The highest BCUT2D eigenvalue weighted by molar-refractivity contribution is 6.26. The second-order valence-corrected chi connectivity index (χ2v) is 11.6. The molecule has 200 valence electrons. The topological polar surface area (TPSA) is 62.6 Å². The number of anilines is 1. The van der Waals surface area contributed by atoms with E-state index in [0.29, 0.717) is 25.3 Å². The van der Waals surface area contributed by atoms with Crippen LogP contribution < -0.4 is 4.90 Å². The molecule has 1 aliphatic carbocycles. The molecule has 0 bridgehead atoms. The quantitative estimate of drug-likeness (QED) is 0.297. The number of hydrogen-bond donors (Lipinski definition) is 1. The van der Waals surface area contributed by atoms with Gasteiger partial charge in [0.2, 0.25) is 0 Å². The highest BCUT2D eigenvalue weighted by atomic mass is 35.5. The fourth-order valence-corrected chi connectivity index (χ4v) is 6.91. The van der Waals surface area contributed by atoms with Crippen molar-refractivity contribution < 1.29 is 13.2 Å². The van der Waals surface area contributed by atoms with Crippen LogP contribution in [0.15, 0.2) is 48.9 Å². The van der Waals surface area contributed by atoms with Crippen LogP contribution in [0.3, 0.4) is 0 Å². The van der Waals surface area contributed by atoms with Crippen LogP contribution >= 0.6 is 11.6 Å². The van der Waals surface area contributed by atoms with Gasteiger partial charge in [-0.05, 0) is 43.0 Å². The van der Waals surface area contributed by atoms with Gasteiger partial charge in [0, 0.05) is 42.5 Å². The number of fused-ring (bicyclic) bond motifs is 10. The molecule has 1 aromatic carbocycles. The van der Waals surface area contributed by atoms with Gasteiger partial charge in [0.1, 0.15) is 10.7 Å². The van der Waals surface area contributed by atoms with Gasteiger partial charge < -0.3 is 9.88 Å². The summed E-state index contributed by atoms with van der Waals surface area (Å²) in [6.07, 6.45) is 3.07. The highest BCUT2D eigenvalue weighted by Gasteiger charge is 2.51. The first kappa shape index (κ1) is 24.5. The Morgan fingerprint density at radius 3 is 2.67 bits per heavy atom. The normalized spacial score (nSPS) is 23.4. The van der Waals surface area contributed by atoms with Crippen LogP contribution in [0.4, 0.5) is 19.0 Å². The predicted molar refractivity (Wildman–Crippen MR) is 143 cm³/mol. The number of benzene rings is 1. The van der Waals surface area contributed by atoms with Gasteiger partial charge in [-0.2, -0.15) is 18.3 Å². The van der Waals surface area contributed by atoms with Crippen molar-refractivity contribution in [2.75, 3.05) is 11.4 Å². The molecule has 0 amide bonds. The third-order valence-electron chi connectivity index (χ3n) is 8.49. The third kappa shape index (κ3) is 3.32. The SMILES string of the molecule is CCc1cccc2c1-n1nc3c(c1C1(C)C2=CC(C)(Cl)c2[nH]ccc21)CN(c1cnc(C(F)(F)F)cn1)CC3. The van der Waals surface area contributed by atoms with Crippen LogP contribution in [0.1, 0.15) is 65.8 Å². The second kappa shape index (κ2) is 7.97. The summed E-state index contributed by atoms with van der Waals surface area (Å²) in [6, 6.07) is 8.48. The Morgan fingerprint density at radius 1 is 1.13 bits per heavy atom. The van der Waals surface area contributed by atoms with Crippen molar-refractivity contribution in [3.8, 4) is 5.69 Å². The Morgan fingerprint density at radius 2 is 1.95 bits per heavy atom. The Hall–Kier alpha value is -3.59. The molecule has 3 aromatic heterocycles. The van der Waals surface area contributed by atoms with E-state index in [0.717, 1.165) is 57.7 Å². The maximum Gasteiger partial charge on any atom is 0.434 e. The molecular formula is C29H26ClF3N6. The molecule has 39 heavy (non-hydrogen) atoms. The molecule has 10 heteroatoms. The maximum absolute atomic E-state index is 13.1. The van der Waals surface area contributed by atoms with Gasteiger partial charge in [0.25, 0.3) is 0 Å². The third-order valence-corrected chi connectivity index (χ3v) is 8.79. The lowest BCUT2D eigenvalue weighted by molar-refractivity contribution is -0.141. The van der Waals surface area contributed by atoms with E-state index in [1.54, 1.807) is 0 Å². The van der Waals surface area contributed by atoms with Gasteiger partial charge in [-0.1, -0.05) is 31.2 Å². The molecule has 6 nitrogen and oxygen atoms in total. The Labute approximate surface area is 228 Å². The maximum atomic E-state index is 13.1. The molecule has 0 saturated carbocycles. The molecule has 2 atom stereocenters. The van der Waals surface area contributed by atoms with Gasteiger partial charge in [0.05, 0.1) is 34.9 Å². The van der Waals surface area contributed by atoms with Crippen molar-refractivity contribution in [3.05, 3.63) is 94.0 Å². The van der Waals surface area contributed by atoms with E-state index >= 15 is 0 Å². The van der Waals surface area contributed by atoms with Crippen LogP contribution in [0.5, 0.6) is 0 Å². The number of halogens is 4. The number of aryl methyl sites for hydroxylation is 1. The minimum atomic E-state index is -4.53. The highest BCUT2D eigenvalue weighted by Crippen LogP contribution is 2.58. The lowest BCUT2D eigenvalue weighted by atomic mass is 9.63. The van der Waals surface area contributed by atoms with Gasteiger partial charge >= 0.3 is 6.18 Å².